The molecule has 0 unspecified atom stereocenters. The topological polar surface area (TPSA) is 55.8 Å². The Hall–Kier alpha value is -0.723. The molecule has 0 saturated carbocycles. The average molecular weight is 327 g/mol. The first-order chi connectivity index (χ1) is 9.79. The van der Waals surface area contributed by atoms with Gasteiger partial charge < -0.3 is 14.0 Å². The van der Waals surface area contributed by atoms with Crippen molar-refractivity contribution < 1.29 is 19.1 Å². The van der Waals surface area contributed by atoms with Gasteiger partial charge in [0, 0.05) is 0 Å². The summed E-state index contributed by atoms with van der Waals surface area (Å²) in [7, 11) is -2.05. The summed E-state index contributed by atoms with van der Waals surface area (Å²) in [5, 5.41) is 0.0254. The summed E-state index contributed by atoms with van der Waals surface area (Å²) in [4.78, 5) is 24.6. The van der Waals surface area contributed by atoms with Crippen molar-refractivity contribution in [2.45, 2.75) is 77.6 Å². The quantitative estimate of drug-likeness (QED) is 0.454. The summed E-state index contributed by atoms with van der Waals surface area (Å²) >= 11 is 0. The fourth-order valence-electron chi connectivity index (χ4n) is 3.20. The van der Waals surface area contributed by atoms with Crippen LogP contribution in [-0.2, 0) is 19.1 Å². The molecule has 6 heteroatoms. The summed E-state index contributed by atoms with van der Waals surface area (Å²) < 4.78 is 13.6. The molecule has 2 aliphatic rings. The fourth-order valence-corrected chi connectivity index (χ4v) is 5.67. The molecule has 0 N–H and O–H groups in total. The van der Waals surface area contributed by atoms with Crippen LogP contribution in [-0.4, -0.2) is 49.0 Å². The highest BCUT2D eigenvalue weighted by Crippen LogP contribution is 2.47. The van der Waals surface area contributed by atoms with Gasteiger partial charge in [-0.1, -0.05) is 33.9 Å². The minimum absolute atomic E-state index is 0.0254. The van der Waals surface area contributed by atoms with E-state index in [9.17, 15) is 9.59 Å². The SMILES string of the molecule is CC(=O)[C@H]1C(=O)N([Si](C)(C)C(C)(C)C)[C@@H]1[C@H]1COC(C)(C)O1. The van der Waals surface area contributed by atoms with Crippen LogP contribution in [0.15, 0.2) is 0 Å². The van der Waals surface area contributed by atoms with Crippen molar-refractivity contribution in [1.29, 1.82) is 0 Å². The molecule has 1 amide bonds. The second-order valence-corrected chi connectivity index (χ2v) is 13.6. The maximum Gasteiger partial charge on any atom is 0.227 e. The number of Topliss-reactive ketones (excluding diaryl/α,β-unsaturated/α-hetero) is 1. The molecule has 0 aromatic heterocycles. The maximum absolute atomic E-state index is 12.7. The molecular formula is C16H29NO4Si. The number of hydrogen-bond acceptors (Lipinski definition) is 4. The van der Waals surface area contributed by atoms with E-state index >= 15 is 0 Å². The highest BCUT2D eigenvalue weighted by atomic mass is 28.3. The molecule has 0 aromatic carbocycles. The number of amides is 1. The minimum atomic E-state index is -2.05. The number of hydrogen-bond donors (Lipinski definition) is 0. The van der Waals surface area contributed by atoms with Crippen LogP contribution in [0.4, 0.5) is 0 Å². The lowest BCUT2D eigenvalue weighted by Crippen LogP contribution is -2.77. The van der Waals surface area contributed by atoms with E-state index in [1.807, 2.05) is 18.4 Å². The van der Waals surface area contributed by atoms with Gasteiger partial charge in [-0.2, -0.15) is 0 Å². The average Bonchev–Trinajstić information content (AvgIpc) is 2.63. The molecule has 0 radical (unpaired) electrons. The first-order valence-electron chi connectivity index (χ1n) is 7.95. The van der Waals surface area contributed by atoms with Gasteiger partial charge in [0.1, 0.15) is 17.8 Å². The molecular weight excluding hydrogens is 298 g/mol. The normalized spacial score (nSPS) is 32.1. The van der Waals surface area contributed by atoms with Crippen molar-refractivity contribution in [2.75, 3.05) is 6.61 Å². The predicted molar refractivity (Wildman–Crippen MR) is 86.9 cm³/mol. The molecule has 0 aliphatic carbocycles. The van der Waals surface area contributed by atoms with E-state index in [-0.39, 0.29) is 28.9 Å². The summed E-state index contributed by atoms with van der Waals surface area (Å²) in [5.41, 5.74) is 0. The third-order valence-electron chi connectivity index (χ3n) is 5.43. The van der Waals surface area contributed by atoms with Gasteiger partial charge in [0.05, 0.1) is 12.6 Å². The molecule has 0 aromatic rings. The molecule has 2 rings (SSSR count). The van der Waals surface area contributed by atoms with Gasteiger partial charge in [0.2, 0.25) is 5.91 Å². The second kappa shape index (κ2) is 5.14. The molecule has 0 spiro atoms. The van der Waals surface area contributed by atoms with Gasteiger partial charge in [0.25, 0.3) is 0 Å². The van der Waals surface area contributed by atoms with Gasteiger partial charge >= 0.3 is 0 Å². The largest absolute Gasteiger partial charge is 0.362 e. The molecule has 2 fully saturated rings. The van der Waals surface area contributed by atoms with E-state index in [2.05, 4.69) is 33.9 Å². The number of β-lactam (4-membered cyclic amide) rings is 1. The number of carbonyl (C=O) groups excluding carboxylic acids is 2. The van der Waals surface area contributed by atoms with E-state index in [0.717, 1.165) is 0 Å². The first kappa shape index (κ1) is 17.6. The Kier molecular flexibility index (Phi) is 4.12. The standard InChI is InChI=1S/C16H29NO4Si/c1-10(18)12-13(11-9-20-16(5,6)21-11)17(14(12)19)22(7,8)15(2,3)4/h11-13H,9H2,1-8H3/t11-,12-,13-/m1/s1. The van der Waals surface area contributed by atoms with Crippen molar-refractivity contribution in [2.24, 2.45) is 5.92 Å². The summed E-state index contributed by atoms with van der Waals surface area (Å²) in [6.07, 6.45) is -0.226. The van der Waals surface area contributed by atoms with Crippen molar-refractivity contribution >= 4 is 19.9 Å². The Labute approximate surface area is 134 Å². The molecule has 5 nitrogen and oxygen atoms in total. The lowest BCUT2D eigenvalue weighted by molar-refractivity contribution is -0.173. The van der Waals surface area contributed by atoms with E-state index in [4.69, 9.17) is 9.47 Å². The maximum atomic E-state index is 12.7. The number of ether oxygens (including phenoxy) is 2. The van der Waals surface area contributed by atoms with Crippen molar-refractivity contribution in [3.63, 3.8) is 0 Å². The van der Waals surface area contributed by atoms with Gasteiger partial charge in [-0.3, -0.25) is 9.59 Å². The van der Waals surface area contributed by atoms with Crippen molar-refractivity contribution in [3.05, 3.63) is 0 Å². The molecule has 2 saturated heterocycles. The predicted octanol–water partition coefficient (Wildman–Crippen LogP) is 2.56. The van der Waals surface area contributed by atoms with Crippen LogP contribution in [0.1, 0.15) is 41.5 Å². The summed E-state index contributed by atoms with van der Waals surface area (Å²) in [6, 6.07) is -0.187. The number of nitrogens with zero attached hydrogens (tertiary/aromatic N) is 1. The van der Waals surface area contributed by atoms with Crippen LogP contribution < -0.4 is 0 Å². The van der Waals surface area contributed by atoms with E-state index in [1.54, 1.807) is 0 Å². The van der Waals surface area contributed by atoms with Gasteiger partial charge in [-0.15, -0.1) is 0 Å². The number of ketones is 1. The van der Waals surface area contributed by atoms with E-state index < -0.39 is 19.9 Å². The Morgan fingerprint density at radius 1 is 1.32 bits per heavy atom. The Bertz CT molecular complexity index is 495. The highest BCUT2D eigenvalue weighted by molar-refractivity contribution is 6.80. The zero-order valence-corrected chi connectivity index (χ0v) is 16.0. The fraction of sp³-hybridized carbons (Fsp3) is 0.875. The van der Waals surface area contributed by atoms with Crippen molar-refractivity contribution in [3.8, 4) is 0 Å². The summed E-state index contributed by atoms with van der Waals surface area (Å²) in [5.74, 6) is -1.32. The Balaban J connectivity index is 2.33. The van der Waals surface area contributed by atoms with Crippen LogP contribution in [0, 0.1) is 5.92 Å². The zero-order valence-electron chi connectivity index (χ0n) is 15.0. The molecule has 0 bridgehead atoms. The Morgan fingerprint density at radius 2 is 1.86 bits per heavy atom. The lowest BCUT2D eigenvalue weighted by atomic mass is 9.83. The minimum Gasteiger partial charge on any atom is -0.362 e. The number of rotatable bonds is 3. The van der Waals surface area contributed by atoms with Crippen LogP contribution in [0.5, 0.6) is 0 Å². The van der Waals surface area contributed by atoms with E-state index in [0.29, 0.717) is 6.61 Å². The molecule has 2 aliphatic heterocycles. The van der Waals surface area contributed by atoms with Crippen LogP contribution in [0.3, 0.4) is 0 Å². The third-order valence-corrected chi connectivity index (χ3v) is 10.8. The smallest absolute Gasteiger partial charge is 0.227 e. The second-order valence-electron chi connectivity index (χ2n) is 8.46. The first-order valence-corrected chi connectivity index (χ1v) is 10.9. The molecule has 126 valence electrons. The highest BCUT2D eigenvalue weighted by Gasteiger charge is 2.62. The molecule has 3 atom stereocenters. The van der Waals surface area contributed by atoms with Gasteiger partial charge in [0.15, 0.2) is 14.0 Å². The summed E-state index contributed by atoms with van der Waals surface area (Å²) in [6.45, 7) is 16.5. The van der Waals surface area contributed by atoms with E-state index in [1.165, 1.54) is 6.92 Å². The van der Waals surface area contributed by atoms with Crippen LogP contribution >= 0.6 is 0 Å². The molecule has 2 heterocycles. The lowest BCUT2D eigenvalue weighted by Gasteiger charge is -2.59. The van der Waals surface area contributed by atoms with Crippen LogP contribution in [0.25, 0.3) is 0 Å². The van der Waals surface area contributed by atoms with Crippen LogP contribution in [0.2, 0.25) is 18.1 Å². The monoisotopic (exact) mass is 327 g/mol. The third kappa shape index (κ3) is 2.65. The number of carbonyl (C=O) groups is 2. The van der Waals surface area contributed by atoms with Gasteiger partial charge in [-0.25, -0.2) is 0 Å². The molecule has 22 heavy (non-hydrogen) atoms. The van der Waals surface area contributed by atoms with Crippen molar-refractivity contribution in [1.82, 2.24) is 4.57 Å². The van der Waals surface area contributed by atoms with Gasteiger partial charge in [-0.05, 0) is 25.8 Å². The zero-order chi connectivity index (χ0) is 17.1. The Morgan fingerprint density at radius 3 is 2.23 bits per heavy atom.